The second-order valence-electron chi connectivity index (χ2n) is 5.55. The van der Waals surface area contributed by atoms with E-state index >= 15 is 0 Å². The van der Waals surface area contributed by atoms with Gasteiger partial charge in [0.1, 0.15) is 5.75 Å². The summed E-state index contributed by atoms with van der Waals surface area (Å²) in [6.07, 6.45) is 1.90. The van der Waals surface area contributed by atoms with Gasteiger partial charge in [0, 0.05) is 15.3 Å². The molecule has 7 heteroatoms. The lowest BCUT2D eigenvalue weighted by atomic mass is 10.2. The number of nitrogens with one attached hydrogen (secondary N) is 1. The summed E-state index contributed by atoms with van der Waals surface area (Å²) >= 11 is 6.98. The number of aryl methyl sites for hydroxylation is 1. The molecule has 0 amide bonds. The number of hydrogen-bond acceptors (Lipinski definition) is 5. The van der Waals surface area contributed by atoms with Crippen LogP contribution in [0.2, 0.25) is 0 Å². The van der Waals surface area contributed by atoms with Crippen LogP contribution in [0.3, 0.4) is 0 Å². The minimum absolute atomic E-state index is 0.112. The fraction of sp³-hybridized carbons (Fsp3) is 0.235. The molecule has 0 radical (unpaired) electrons. The molecule has 3 aromatic rings. The molecule has 0 unspecified atom stereocenters. The molecule has 24 heavy (non-hydrogen) atoms. The zero-order valence-electron chi connectivity index (χ0n) is 13.7. The maximum atomic E-state index is 5.75. The van der Waals surface area contributed by atoms with E-state index in [0.717, 1.165) is 16.2 Å². The SMILES string of the molecule is Cc1ccc(/C=N/n2c(-c3cccc(OC(C)C)c3)n[nH]c2=S)s1. The molecule has 0 aliphatic carbocycles. The largest absolute Gasteiger partial charge is 0.491 e. The zero-order chi connectivity index (χ0) is 17.1. The van der Waals surface area contributed by atoms with Gasteiger partial charge < -0.3 is 4.74 Å². The molecule has 0 aliphatic rings. The van der Waals surface area contributed by atoms with Crippen molar-refractivity contribution in [2.24, 2.45) is 5.10 Å². The van der Waals surface area contributed by atoms with Crippen molar-refractivity contribution in [1.82, 2.24) is 14.9 Å². The van der Waals surface area contributed by atoms with E-state index in [0.29, 0.717) is 10.6 Å². The van der Waals surface area contributed by atoms with Crippen LogP contribution in [-0.4, -0.2) is 27.2 Å². The van der Waals surface area contributed by atoms with Gasteiger partial charge >= 0.3 is 0 Å². The number of aromatic nitrogens is 3. The first kappa shape index (κ1) is 16.6. The summed E-state index contributed by atoms with van der Waals surface area (Å²) in [6, 6.07) is 11.8. The maximum Gasteiger partial charge on any atom is 0.216 e. The Morgan fingerprint density at radius 2 is 2.17 bits per heavy atom. The number of ether oxygens (including phenoxy) is 1. The summed E-state index contributed by atoms with van der Waals surface area (Å²) in [4.78, 5) is 2.31. The van der Waals surface area contributed by atoms with Crippen molar-refractivity contribution in [3.05, 3.63) is 50.9 Å². The van der Waals surface area contributed by atoms with E-state index in [1.807, 2.05) is 44.2 Å². The minimum atomic E-state index is 0.112. The van der Waals surface area contributed by atoms with Crippen LogP contribution in [0.4, 0.5) is 0 Å². The lowest BCUT2D eigenvalue weighted by Crippen LogP contribution is -2.05. The van der Waals surface area contributed by atoms with Crippen molar-refractivity contribution >= 4 is 29.8 Å². The summed E-state index contributed by atoms with van der Waals surface area (Å²) < 4.78 is 7.82. The Hall–Kier alpha value is -2.25. The van der Waals surface area contributed by atoms with Crippen LogP contribution in [0.1, 0.15) is 23.6 Å². The molecule has 1 aromatic carbocycles. The third kappa shape index (κ3) is 3.80. The van der Waals surface area contributed by atoms with Crippen molar-refractivity contribution in [2.45, 2.75) is 26.9 Å². The first-order chi connectivity index (χ1) is 11.5. The minimum Gasteiger partial charge on any atom is -0.491 e. The number of rotatable bonds is 5. The Kier molecular flexibility index (Phi) is 4.92. The fourth-order valence-corrected chi connectivity index (χ4v) is 3.13. The van der Waals surface area contributed by atoms with E-state index in [1.165, 1.54) is 4.88 Å². The molecule has 1 N–H and O–H groups in total. The van der Waals surface area contributed by atoms with Crippen molar-refractivity contribution in [1.29, 1.82) is 0 Å². The molecule has 3 rings (SSSR count). The van der Waals surface area contributed by atoms with E-state index in [-0.39, 0.29) is 6.10 Å². The topological polar surface area (TPSA) is 55.2 Å². The van der Waals surface area contributed by atoms with Gasteiger partial charge in [-0.3, -0.25) is 0 Å². The summed E-state index contributed by atoms with van der Waals surface area (Å²) in [5.74, 6) is 1.44. The molecule has 0 spiro atoms. The predicted octanol–water partition coefficient (Wildman–Crippen LogP) is 4.65. The lowest BCUT2D eigenvalue weighted by Gasteiger charge is -2.10. The van der Waals surface area contributed by atoms with Gasteiger partial charge in [0.05, 0.1) is 12.3 Å². The van der Waals surface area contributed by atoms with Gasteiger partial charge in [0.25, 0.3) is 0 Å². The molecule has 0 fully saturated rings. The first-order valence-electron chi connectivity index (χ1n) is 7.58. The molecule has 0 aliphatic heterocycles. The Labute approximate surface area is 149 Å². The maximum absolute atomic E-state index is 5.75. The van der Waals surface area contributed by atoms with Gasteiger partial charge in [-0.25, -0.2) is 5.10 Å². The van der Waals surface area contributed by atoms with Crippen LogP contribution in [-0.2, 0) is 0 Å². The van der Waals surface area contributed by atoms with Gasteiger partial charge in [-0.2, -0.15) is 14.9 Å². The Balaban J connectivity index is 1.95. The van der Waals surface area contributed by atoms with Crippen LogP contribution in [0.15, 0.2) is 41.5 Å². The van der Waals surface area contributed by atoms with E-state index in [1.54, 1.807) is 22.2 Å². The van der Waals surface area contributed by atoms with E-state index < -0.39 is 0 Å². The molecule has 0 bridgehead atoms. The quantitative estimate of drug-likeness (QED) is 0.534. The summed E-state index contributed by atoms with van der Waals surface area (Å²) in [7, 11) is 0. The second-order valence-corrected chi connectivity index (χ2v) is 7.26. The van der Waals surface area contributed by atoms with Gasteiger partial charge in [0.15, 0.2) is 5.82 Å². The molecular weight excluding hydrogens is 340 g/mol. The third-order valence-corrected chi connectivity index (χ3v) is 4.38. The molecule has 2 aromatic heterocycles. The van der Waals surface area contributed by atoms with Crippen molar-refractivity contribution in [2.75, 3.05) is 0 Å². The van der Waals surface area contributed by atoms with Gasteiger partial charge in [-0.1, -0.05) is 12.1 Å². The standard InChI is InChI=1S/C17H18N4OS2/c1-11(2)22-14-6-4-5-13(9-14)16-19-20-17(23)21(16)18-10-15-8-7-12(3)24-15/h4-11H,1-3H3,(H,20,23)/b18-10+. The summed E-state index contributed by atoms with van der Waals surface area (Å²) in [5.41, 5.74) is 0.889. The number of benzene rings is 1. The first-order valence-corrected chi connectivity index (χ1v) is 8.80. The zero-order valence-corrected chi connectivity index (χ0v) is 15.3. The van der Waals surface area contributed by atoms with Crippen LogP contribution in [0.5, 0.6) is 5.75 Å². The van der Waals surface area contributed by atoms with Crippen LogP contribution in [0, 0.1) is 11.7 Å². The van der Waals surface area contributed by atoms with E-state index in [2.05, 4.69) is 28.3 Å². The highest BCUT2D eigenvalue weighted by atomic mass is 32.1. The number of thiophene rings is 1. The van der Waals surface area contributed by atoms with Crippen molar-refractivity contribution in [3.8, 4) is 17.1 Å². The molecule has 0 saturated carbocycles. The summed E-state index contributed by atoms with van der Waals surface area (Å²) in [6.45, 7) is 6.06. The van der Waals surface area contributed by atoms with Crippen LogP contribution >= 0.6 is 23.6 Å². The normalized spacial score (nSPS) is 11.5. The number of H-pyrrole nitrogens is 1. The van der Waals surface area contributed by atoms with Gasteiger partial charge in [-0.15, -0.1) is 11.3 Å². The fourth-order valence-electron chi connectivity index (χ4n) is 2.20. The molecule has 0 atom stereocenters. The van der Waals surface area contributed by atoms with E-state index in [4.69, 9.17) is 17.0 Å². The predicted molar refractivity (Wildman–Crippen MR) is 101 cm³/mol. The third-order valence-electron chi connectivity index (χ3n) is 3.18. The molecule has 124 valence electrons. The highest BCUT2D eigenvalue weighted by Gasteiger charge is 2.10. The Bertz CT molecular complexity index is 921. The number of aromatic amines is 1. The smallest absolute Gasteiger partial charge is 0.216 e. The van der Waals surface area contributed by atoms with Crippen LogP contribution in [0.25, 0.3) is 11.4 Å². The second kappa shape index (κ2) is 7.11. The Morgan fingerprint density at radius 1 is 1.33 bits per heavy atom. The van der Waals surface area contributed by atoms with Gasteiger partial charge in [0.2, 0.25) is 4.77 Å². The molecular formula is C17H18N4OS2. The Morgan fingerprint density at radius 3 is 2.88 bits per heavy atom. The van der Waals surface area contributed by atoms with Gasteiger partial charge in [-0.05, 0) is 57.3 Å². The number of hydrogen-bond donors (Lipinski definition) is 1. The average Bonchev–Trinajstić information content (AvgIpc) is 3.11. The molecule has 5 nitrogen and oxygen atoms in total. The number of nitrogens with zero attached hydrogens (tertiary/aromatic N) is 3. The van der Waals surface area contributed by atoms with Crippen molar-refractivity contribution < 1.29 is 4.74 Å². The average molecular weight is 358 g/mol. The molecule has 0 saturated heterocycles. The highest BCUT2D eigenvalue weighted by Crippen LogP contribution is 2.23. The molecule has 2 heterocycles. The lowest BCUT2D eigenvalue weighted by molar-refractivity contribution is 0.242. The van der Waals surface area contributed by atoms with Crippen molar-refractivity contribution in [3.63, 3.8) is 0 Å². The highest BCUT2D eigenvalue weighted by molar-refractivity contribution is 7.71. The monoisotopic (exact) mass is 358 g/mol. The van der Waals surface area contributed by atoms with Crippen LogP contribution < -0.4 is 4.74 Å². The van der Waals surface area contributed by atoms with E-state index in [9.17, 15) is 0 Å². The summed E-state index contributed by atoms with van der Waals surface area (Å²) in [5, 5.41) is 11.6.